The minimum atomic E-state index is -4.83. The van der Waals surface area contributed by atoms with Gasteiger partial charge < -0.3 is 30.2 Å². The monoisotopic (exact) mass is 721 g/mol. The van der Waals surface area contributed by atoms with Crippen molar-refractivity contribution in [1.29, 1.82) is 0 Å². The number of hydrogen-bond donors (Lipinski definition) is 2. The maximum Gasteiger partial charge on any atom is 0.429 e. The van der Waals surface area contributed by atoms with Crippen LogP contribution in [0.3, 0.4) is 0 Å². The fourth-order valence-electron chi connectivity index (χ4n) is 6.73. The molecule has 52 heavy (non-hydrogen) atoms. The fraction of sp³-hybridized carbons (Fsp3) is 0.474. The van der Waals surface area contributed by atoms with E-state index in [0.29, 0.717) is 62.1 Å². The quantitative estimate of drug-likeness (QED) is 0.168. The first-order valence-electron chi connectivity index (χ1n) is 17.5. The van der Waals surface area contributed by atoms with E-state index < -0.39 is 12.3 Å². The number of carbonyl (C=O) groups is 1. The number of nitrogen functional groups attached to an aromatic ring is 1. The first-order valence-corrected chi connectivity index (χ1v) is 17.5. The van der Waals surface area contributed by atoms with Crippen molar-refractivity contribution in [2.45, 2.75) is 72.2 Å². The Balaban J connectivity index is 1.25. The number of hydrogen-bond acceptors (Lipinski definition) is 10. The third kappa shape index (κ3) is 8.60. The minimum Gasteiger partial charge on any atom is -0.493 e. The van der Waals surface area contributed by atoms with Crippen molar-refractivity contribution in [1.82, 2.24) is 25.1 Å². The summed E-state index contributed by atoms with van der Waals surface area (Å²) in [6.45, 7) is 12.5. The van der Waals surface area contributed by atoms with Crippen LogP contribution in [0.15, 0.2) is 60.8 Å². The molecule has 0 bridgehead atoms. The average molecular weight is 722 g/mol. The zero-order chi connectivity index (χ0) is 37.3. The summed E-state index contributed by atoms with van der Waals surface area (Å²) >= 11 is 0. The van der Waals surface area contributed by atoms with Gasteiger partial charge in [0.2, 0.25) is 17.9 Å². The molecule has 2 aromatic carbocycles. The van der Waals surface area contributed by atoms with Gasteiger partial charge in [-0.15, -0.1) is 0 Å². The number of nitrogens with one attached hydrogen (secondary N) is 1. The van der Waals surface area contributed by atoms with E-state index in [4.69, 9.17) is 19.9 Å². The molecule has 0 saturated carbocycles. The lowest BCUT2D eigenvalue weighted by molar-refractivity contribution is -0.198. The molecule has 1 unspecified atom stereocenters. The summed E-state index contributed by atoms with van der Waals surface area (Å²) in [7, 11) is 0. The largest absolute Gasteiger partial charge is 0.493 e. The highest BCUT2D eigenvalue weighted by atomic mass is 19.4. The summed E-state index contributed by atoms with van der Waals surface area (Å²) < 4.78 is 63.2. The molecule has 14 heteroatoms. The van der Waals surface area contributed by atoms with Crippen LogP contribution >= 0.6 is 0 Å². The summed E-state index contributed by atoms with van der Waals surface area (Å²) in [5.41, 5.74) is 8.15. The molecule has 0 radical (unpaired) electrons. The Kier molecular flexibility index (Phi) is 10.4. The Hall–Kier alpha value is -4.85. The molecule has 0 aliphatic carbocycles. The molecule has 3 N–H and O–H groups in total. The normalized spacial score (nSPS) is 18.0. The van der Waals surface area contributed by atoms with Crippen molar-refractivity contribution < 1.29 is 32.2 Å². The van der Waals surface area contributed by atoms with Gasteiger partial charge in [0.15, 0.2) is 0 Å². The van der Waals surface area contributed by atoms with Gasteiger partial charge in [-0.1, -0.05) is 45.0 Å². The molecule has 2 aliphatic rings. The van der Waals surface area contributed by atoms with Crippen molar-refractivity contribution in [3.63, 3.8) is 0 Å². The van der Waals surface area contributed by atoms with Gasteiger partial charge in [-0.05, 0) is 79.3 Å². The number of nitrogens with zero attached hydrogens (tertiary/aromatic N) is 5. The Morgan fingerprint density at radius 3 is 2.38 bits per heavy atom. The third-order valence-corrected chi connectivity index (χ3v) is 9.46. The van der Waals surface area contributed by atoms with E-state index in [1.807, 2.05) is 29.2 Å². The number of rotatable bonds is 10. The van der Waals surface area contributed by atoms with E-state index >= 15 is 0 Å². The van der Waals surface area contributed by atoms with E-state index in [1.54, 1.807) is 38.2 Å². The number of nitrogens with two attached hydrogens (primary N) is 1. The number of esters is 1. The van der Waals surface area contributed by atoms with Crippen LogP contribution in [0.5, 0.6) is 11.6 Å². The van der Waals surface area contributed by atoms with Crippen LogP contribution in [0.4, 0.5) is 24.9 Å². The van der Waals surface area contributed by atoms with Gasteiger partial charge in [0.1, 0.15) is 17.6 Å². The molecular formula is C38H46F3N7O4. The molecule has 2 saturated heterocycles. The van der Waals surface area contributed by atoms with Crippen molar-refractivity contribution in [2.75, 3.05) is 43.5 Å². The molecule has 2 fully saturated rings. The molecule has 6 rings (SSSR count). The second-order valence-electron chi connectivity index (χ2n) is 14.9. The molecule has 2 atom stereocenters. The highest BCUT2D eigenvalue weighted by Crippen LogP contribution is 2.43. The molecule has 0 amide bonds. The Morgan fingerprint density at radius 1 is 1.04 bits per heavy atom. The van der Waals surface area contributed by atoms with E-state index in [2.05, 4.69) is 41.2 Å². The van der Waals surface area contributed by atoms with Gasteiger partial charge in [0.05, 0.1) is 24.6 Å². The number of ether oxygens (including phenoxy) is 3. The van der Waals surface area contributed by atoms with Crippen molar-refractivity contribution >= 4 is 17.7 Å². The number of aromatic nitrogens is 4. The van der Waals surface area contributed by atoms with Crippen LogP contribution in [0.25, 0.3) is 16.8 Å². The van der Waals surface area contributed by atoms with E-state index in [1.165, 1.54) is 16.8 Å². The lowest BCUT2D eigenvalue weighted by Crippen LogP contribution is -2.41. The molecular weight excluding hydrogens is 675 g/mol. The number of piperidine rings is 1. The van der Waals surface area contributed by atoms with E-state index in [-0.39, 0.29) is 45.9 Å². The van der Waals surface area contributed by atoms with E-state index in [0.717, 1.165) is 18.4 Å². The lowest BCUT2D eigenvalue weighted by Gasteiger charge is -2.39. The molecule has 2 aliphatic heterocycles. The number of alkyl halides is 3. The van der Waals surface area contributed by atoms with Crippen molar-refractivity contribution in [3.05, 3.63) is 72.1 Å². The van der Waals surface area contributed by atoms with Crippen molar-refractivity contribution in [3.8, 4) is 28.4 Å². The third-order valence-electron chi connectivity index (χ3n) is 9.46. The van der Waals surface area contributed by atoms with Crippen molar-refractivity contribution in [2.24, 2.45) is 10.8 Å². The van der Waals surface area contributed by atoms with Gasteiger partial charge in [-0.3, -0.25) is 4.79 Å². The lowest BCUT2D eigenvalue weighted by atomic mass is 9.76. The number of benzene rings is 2. The first kappa shape index (κ1) is 36.9. The summed E-state index contributed by atoms with van der Waals surface area (Å²) in [5, 5.41) is 7.73. The summed E-state index contributed by atoms with van der Waals surface area (Å²) in [5.74, 6) is 0.330. The van der Waals surface area contributed by atoms with Crippen LogP contribution in [0.1, 0.15) is 64.3 Å². The number of halogens is 3. The molecule has 11 nitrogen and oxygen atoms in total. The Morgan fingerprint density at radius 2 is 1.75 bits per heavy atom. The standard InChI is InChI=1S/C38H46F3N7O4/c1-6-50-34(49)29-21-37(22-43-29)14-17-47(18-15-37)31-20-32(45-35(42)44-31)52-33(38(39,40)41)28-12-9-26(19-30(28)48-16-13-24(2)46-48)25-7-10-27(11-8-25)51-23-36(3,4)5/h7-13,16,19-20,29,33,43H,6,14-15,17-18,21-23H2,1-5H3,(H2,42,44,45)/t29?,33-/m1/s1. The average Bonchev–Trinajstić information content (AvgIpc) is 3.72. The molecule has 2 aromatic heterocycles. The summed E-state index contributed by atoms with van der Waals surface area (Å²) in [6, 6.07) is 14.9. The Labute approximate surface area is 301 Å². The number of carbonyl (C=O) groups excluding carboxylic acids is 1. The highest BCUT2D eigenvalue weighted by Gasteiger charge is 2.46. The Bertz CT molecular complexity index is 1870. The first-order chi connectivity index (χ1) is 24.6. The summed E-state index contributed by atoms with van der Waals surface area (Å²) in [4.78, 5) is 22.7. The molecule has 4 heterocycles. The maximum atomic E-state index is 15.0. The predicted octanol–water partition coefficient (Wildman–Crippen LogP) is 6.84. The molecule has 1 spiro atoms. The predicted molar refractivity (Wildman–Crippen MR) is 191 cm³/mol. The van der Waals surface area contributed by atoms with Crippen LogP contribution in [0, 0.1) is 17.8 Å². The number of anilines is 2. The smallest absolute Gasteiger partial charge is 0.429 e. The summed E-state index contributed by atoms with van der Waals surface area (Å²) in [6.07, 6.45) is -3.42. The second kappa shape index (κ2) is 14.6. The van der Waals surface area contributed by atoms with Crippen LogP contribution in [-0.2, 0) is 9.53 Å². The van der Waals surface area contributed by atoms with Gasteiger partial charge in [-0.25, -0.2) is 4.68 Å². The van der Waals surface area contributed by atoms with Gasteiger partial charge in [0, 0.05) is 37.5 Å². The van der Waals surface area contributed by atoms with Crippen LogP contribution < -0.4 is 25.4 Å². The second-order valence-corrected chi connectivity index (χ2v) is 14.9. The fourth-order valence-corrected chi connectivity index (χ4v) is 6.73. The van der Waals surface area contributed by atoms with Gasteiger partial charge >= 0.3 is 12.1 Å². The molecule has 4 aromatic rings. The maximum absolute atomic E-state index is 15.0. The van der Waals surface area contributed by atoms with Crippen LogP contribution in [0.2, 0.25) is 0 Å². The zero-order valence-corrected chi connectivity index (χ0v) is 30.2. The van der Waals surface area contributed by atoms with Gasteiger partial charge in [0.25, 0.3) is 0 Å². The highest BCUT2D eigenvalue weighted by molar-refractivity contribution is 5.76. The topological polar surface area (TPSA) is 130 Å². The van der Waals surface area contributed by atoms with Crippen LogP contribution in [-0.4, -0.2) is 70.8 Å². The number of aryl methyl sites for hydroxylation is 1. The SMILES string of the molecule is CCOC(=O)C1CC2(CCN(c3cc(O[C@H](c4ccc(-c5ccc(OCC(C)(C)C)cc5)cc4-n4ccc(C)n4)C(F)(F)F)nc(N)n3)CC2)CN1. The zero-order valence-electron chi connectivity index (χ0n) is 30.2. The van der Waals surface area contributed by atoms with E-state index in [9.17, 15) is 18.0 Å². The van der Waals surface area contributed by atoms with Gasteiger partial charge in [-0.2, -0.15) is 28.2 Å². The molecule has 278 valence electrons. The minimum absolute atomic E-state index is 0.0105.